The lowest BCUT2D eigenvalue weighted by Gasteiger charge is -2.17. The lowest BCUT2D eigenvalue weighted by Crippen LogP contribution is -2.09. The summed E-state index contributed by atoms with van der Waals surface area (Å²) in [4.78, 5) is 12.8. The molecule has 2 aromatic heterocycles. The maximum Gasteiger partial charge on any atom is 0.231 e. The van der Waals surface area contributed by atoms with Crippen molar-refractivity contribution < 1.29 is 14.2 Å². The number of ether oxygens (including phenoxy) is 3. The van der Waals surface area contributed by atoms with E-state index in [1.165, 1.54) is 0 Å². The molecule has 7 nitrogen and oxygen atoms in total. The highest BCUT2D eigenvalue weighted by Gasteiger charge is 2.22. The summed E-state index contributed by atoms with van der Waals surface area (Å²) in [5.41, 5.74) is 1.75. The number of hydrogen-bond acceptors (Lipinski definition) is 6. The van der Waals surface area contributed by atoms with E-state index in [-0.39, 0.29) is 12.8 Å². The third-order valence-corrected chi connectivity index (χ3v) is 4.05. The highest BCUT2D eigenvalue weighted by atomic mass is 16.7. The van der Waals surface area contributed by atoms with Gasteiger partial charge in [-0.15, -0.1) is 0 Å². The van der Waals surface area contributed by atoms with Crippen LogP contribution in [0.2, 0.25) is 0 Å². The Morgan fingerprint density at radius 3 is 2.75 bits per heavy atom. The summed E-state index contributed by atoms with van der Waals surface area (Å²) >= 11 is 0. The van der Waals surface area contributed by atoms with E-state index in [4.69, 9.17) is 14.2 Å². The van der Waals surface area contributed by atoms with E-state index in [2.05, 4.69) is 21.9 Å². The molecule has 1 unspecified atom stereocenters. The monoisotopic (exact) mass is 324 g/mol. The summed E-state index contributed by atoms with van der Waals surface area (Å²) < 4.78 is 18.5. The van der Waals surface area contributed by atoms with Crippen LogP contribution in [0, 0.1) is 0 Å². The first-order valence-corrected chi connectivity index (χ1v) is 7.54. The van der Waals surface area contributed by atoms with Crippen molar-refractivity contribution >= 4 is 0 Å². The third-order valence-electron chi connectivity index (χ3n) is 4.05. The molecule has 1 atom stereocenters. The van der Waals surface area contributed by atoms with E-state index in [0.717, 1.165) is 17.1 Å². The van der Waals surface area contributed by atoms with Crippen molar-refractivity contribution in [2.24, 2.45) is 0 Å². The van der Waals surface area contributed by atoms with Gasteiger partial charge in [-0.05, 0) is 19.1 Å². The molecule has 0 aliphatic carbocycles. The number of methoxy groups -OCH3 is 1. The van der Waals surface area contributed by atoms with Crippen LogP contribution >= 0.6 is 0 Å². The molecule has 3 aromatic rings. The van der Waals surface area contributed by atoms with Crippen LogP contribution in [-0.2, 0) is 0 Å². The second kappa shape index (κ2) is 5.84. The van der Waals surface area contributed by atoms with E-state index < -0.39 is 0 Å². The van der Waals surface area contributed by atoms with Crippen LogP contribution in [0.3, 0.4) is 0 Å². The zero-order valence-corrected chi connectivity index (χ0v) is 13.3. The molecule has 122 valence electrons. The van der Waals surface area contributed by atoms with Crippen molar-refractivity contribution in [1.29, 1.82) is 0 Å². The average molecular weight is 324 g/mol. The van der Waals surface area contributed by atoms with Crippen LogP contribution in [-0.4, -0.2) is 33.4 Å². The highest BCUT2D eigenvalue weighted by molar-refractivity contribution is 5.70. The second-order valence-electron chi connectivity index (χ2n) is 5.37. The topological polar surface area (TPSA) is 71.3 Å². The van der Waals surface area contributed by atoms with Crippen LogP contribution in [0.25, 0.3) is 11.4 Å². The standard InChI is InChI=1S/C17H16N4O3/c1-11(13-3-4-18-9-20-13)21-6-5-19-17(21)12-7-15-16(24-10-23-15)8-14(12)22-2/h3-9,11H,10H2,1-2H3. The number of rotatable bonds is 4. The Morgan fingerprint density at radius 2 is 2.00 bits per heavy atom. The molecule has 0 spiro atoms. The molecule has 1 aromatic carbocycles. The van der Waals surface area contributed by atoms with Crippen molar-refractivity contribution in [2.45, 2.75) is 13.0 Å². The Kier molecular flexibility index (Phi) is 3.53. The van der Waals surface area contributed by atoms with Gasteiger partial charge in [-0.25, -0.2) is 15.0 Å². The maximum atomic E-state index is 5.52. The second-order valence-corrected chi connectivity index (χ2v) is 5.37. The van der Waals surface area contributed by atoms with Gasteiger partial charge in [0.15, 0.2) is 11.5 Å². The first-order chi connectivity index (χ1) is 11.8. The number of imidazole rings is 1. The molecule has 0 N–H and O–H groups in total. The average Bonchev–Trinajstić information content (AvgIpc) is 3.29. The molecule has 0 radical (unpaired) electrons. The normalized spacial score (nSPS) is 13.8. The molecule has 0 amide bonds. The number of hydrogen-bond donors (Lipinski definition) is 0. The SMILES string of the molecule is COc1cc2c(cc1-c1nccn1C(C)c1ccncn1)OCO2. The largest absolute Gasteiger partial charge is 0.496 e. The first-order valence-electron chi connectivity index (χ1n) is 7.54. The highest BCUT2D eigenvalue weighted by Crippen LogP contribution is 2.42. The van der Waals surface area contributed by atoms with E-state index in [9.17, 15) is 0 Å². The zero-order valence-electron chi connectivity index (χ0n) is 13.3. The van der Waals surface area contributed by atoms with Crippen molar-refractivity contribution in [1.82, 2.24) is 19.5 Å². The predicted molar refractivity (Wildman–Crippen MR) is 86.2 cm³/mol. The molecule has 24 heavy (non-hydrogen) atoms. The predicted octanol–water partition coefficient (Wildman–Crippen LogP) is 2.69. The smallest absolute Gasteiger partial charge is 0.231 e. The molecule has 0 bridgehead atoms. The third kappa shape index (κ3) is 2.34. The lowest BCUT2D eigenvalue weighted by molar-refractivity contribution is 0.174. The molecule has 0 fully saturated rings. The van der Waals surface area contributed by atoms with Gasteiger partial charge in [0.25, 0.3) is 0 Å². The molecule has 4 rings (SSSR count). The number of fused-ring (bicyclic) bond motifs is 1. The van der Waals surface area contributed by atoms with E-state index in [1.54, 1.807) is 25.8 Å². The minimum Gasteiger partial charge on any atom is -0.496 e. The summed E-state index contributed by atoms with van der Waals surface area (Å²) in [5.74, 6) is 2.82. The van der Waals surface area contributed by atoms with Crippen molar-refractivity contribution in [3.8, 4) is 28.6 Å². The fourth-order valence-corrected chi connectivity index (χ4v) is 2.79. The maximum absolute atomic E-state index is 5.52. The number of benzene rings is 1. The van der Waals surface area contributed by atoms with Crippen LogP contribution in [0.4, 0.5) is 0 Å². The van der Waals surface area contributed by atoms with Gasteiger partial charge in [-0.3, -0.25) is 0 Å². The minimum absolute atomic E-state index is 0.000582. The molecular formula is C17H16N4O3. The van der Waals surface area contributed by atoms with Crippen molar-refractivity contribution in [2.75, 3.05) is 13.9 Å². The summed E-state index contributed by atoms with van der Waals surface area (Å²) in [6, 6.07) is 5.62. The zero-order chi connectivity index (χ0) is 16.5. The first kappa shape index (κ1) is 14.5. The van der Waals surface area contributed by atoms with Crippen LogP contribution in [0.15, 0.2) is 43.1 Å². The molecular weight excluding hydrogens is 308 g/mol. The Balaban J connectivity index is 1.81. The van der Waals surface area contributed by atoms with Crippen LogP contribution < -0.4 is 14.2 Å². The van der Waals surface area contributed by atoms with Crippen molar-refractivity contribution in [3.63, 3.8) is 0 Å². The van der Waals surface area contributed by atoms with Gasteiger partial charge in [0.2, 0.25) is 6.79 Å². The summed E-state index contributed by atoms with van der Waals surface area (Å²) in [5, 5.41) is 0. The van der Waals surface area contributed by atoms with E-state index >= 15 is 0 Å². The fraction of sp³-hybridized carbons (Fsp3) is 0.235. The Labute approximate surface area is 138 Å². The van der Waals surface area contributed by atoms with Gasteiger partial charge >= 0.3 is 0 Å². The number of aromatic nitrogens is 4. The number of nitrogens with zero attached hydrogens (tertiary/aromatic N) is 4. The van der Waals surface area contributed by atoms with Gasteiger partial charge in [0.05, 0.1) is 24.4 Å². The summed E-state index contributed by atoms with van der Waals surface area (Å²) in [6.07, 6.45) is 6.96. The summed E-state index contributed by atoms with van der Waals surface area (Å²) in [6.45, 7) is 2.28. The van der Waals surface area contributed by atoms with Crippen LogP contribution in [0.1, 0.15) is 18.7 Å². The minimum atomic E-state index is 0.000582. The summed E-state index contributed by atoms with van der Waals surface area (Å²) in [7, 11) is 1.63. The van der Waals surface area contributed by atoms with Gasteiger partial charge < -0.3 is 18.8 Å². The molecule has 1 aliphatic rings. The quantitative estimate of drug-likeness (QED) is 0.735. The van der Waals surface area contributed by atoms with Crippen LogP contribution in [0.5, 0.6) is 17.2 Å². The van der Waals surface area contributed by atoms with Crippen molar-refractivity contribution in [3.05, 3.63) is 48.8 Å². The van der Waals surface area contributed by atoms with E-state index in [0.29, 0.717) is 17.2 Å². The molecule has 0 saturated heterocycles. The Bertz CT molecular complexity index is 864. The molecule has 0 saturated carbocycles. The molecule has 7 heteroatoms. The van der Waals surface area contributed by atoms with Gasteiger partial charge in [0, 0.05) is 24.7 Å². The van der Waals surface area contributed by atoms with Gasteiger partial charge in [-0.1, -0.05) is 0 Å². The van der Waals surface area contributed by atoms with E-state index in [1.807, 2.05) is 29.0 Å². The molecule has 3 heterocycles. The Hall–Kier alpha value is -3.09. The Morgan fingerprint density at radius 1 is 1.17 bits per heavy atom. The fourth-order valence-electron chi connectivity index (χ4n) is 2.79. The van der Waals surface area contributed by atoms with Gasteiger partial charge in [-0.2, -0.15) is 0 Å². The lowest BCUT2D eigenvalue weighted by atomic mass is 10.1. The van der Waals surface area contributed by atoms with Gasteiger partial charge in [0.1, 0.15) is 17.9 Å². The molecule has 1 aliphatic heterocycles.